The molecule has 0 spiro atoms. The summed E-state index contributed by atoms with van der Waals surface area (Å²) in [7, 11) is -2.48. The molecule has 3 N–H and O–H groups in total. The number of aliphatic hydroxyl groups excluding tert-OH is 1. The molecule has 0 aromatic rings. The summed E-state index contributed by atoms with van der Waals surface area (Å²) in [6.45, 7) is 2.96. The lowest BCUT2D eigenvalue weighted by molar-refractivity contribution is -0.155. The monoisotopic (exact) mass is 378 g/mol. The second kappa shape index (κ2) is 11.4. The van der Waals surface area contributed by atoms with Crippen molar-refractivity contribution >= 4 is 20.1 Å². The first kappa shape index (κ1) is 21.8. The van der Waals surface area contributed by atoms with Crippen LogP contribution in [0.4, 0.5) is 4.79 Å². The van der Waals surface area contributed by atoms with Crippen molar-refractivity contribution < 1.29 is 33.6 Å². The van der Waals surface area contributed by atoms with Gasteiger partial charge in [0.05, 0.1) is 5.92 Å². The second-order valence-electron chi connectivity index (χ2n) is 6.64. The number of hydrogen-bond acceptors (Lipinski definition) is 6. The second-order valence-corrected chi connectivity index (χ2v) is 7.84. The molecule has 1 aliphatic rings. The van der Waals surface area contributed by atoms with Crippen LogP contribution in [-0.2, 0) is 18.8 Å². The molecule has 3 atom stereocenters. The van der Waals surface area contributed by atoms with E-state index in [4.69, 9.17) is 4.74 Å². The van der Waals surface area contributed by atoms with Crippen LogP contribution in [0.15, 0.2) is 0 Å². The van der Waals surface area contributed by atoms with Crippen molar-refractivity contribution in [2.75, 3.05) is 13.3 Å². The van der Waals surface area contributed by atoms with Crippen LogP contribution in [0.3, 0.4) is 0 Å². The summed E-state index contributed by atoms with van der Waals surface area (Å²) < 4.78 is 21.0. The van der Waals surface area contributed by atoms with Gasteiger partial charge in [-0.05, 0) is 23.8 Å². The first-order valence-electron chi connectivity index (χ1n) is 8.73. The van der Waals surface area contributed by atoms with Crippen LogP contribution in [0.5, 0.6) is 0 Å². The van der Waals surface area contributed by atoms with Crippen molar-refractivity contribution in [1.29, 1.82) is 0 Å². The Bertz CT molecular complexity index is 452. The Morgan fingerprint density at radius 1 is 1.20 bits per heavy atom. The average molecular weight is 378 g/mol. The van der Waals surface area contributed by atoms with E-state index in [0.29, 0.717) is 0 Å². The Morgan fingerprint density at radius 2 is 1.84 bits per heavy atom. The highest BCUT2D eigenvalue weighted by Crippen LogP contribution is 2.40. The molecule has 144 valence electrons. The molecule has 0 heterocycles. The van der Waals surface area contributed by atoms with Crippen LogP contribution in [-0.4, -0.2) is 47.2 Å². The number of alkyl carbamates (subject to hydrolysis) is 1. The van der Waals surface area contributed by atoms with Gasteiger partial charge in [-0.1, -0.05) is 33.1 Å². The Balaban J connectivity index is 2.29. The van der Waals surface area contributed by atoms with Gasteiger partial charge in [0.15, 0.2) is 0 Å². The van der Waals surface area contributed by atoms with Crippen LogP contribution in [0.1, 0.15) is 52.4 Å². The molecule has 0 aliphatic heterocycles. The zero-order valence-corrected chi connectivity index (χ0v) is 15.7. The van der Waals surface area contributed by atoms with Crippen molar-refractivity contribution in [3.05, 3.63) is 0 Å². The van der Waals surface area contributed by atoms with E-state index in [1.165, 1.54) is 0 Å². The minimum absolute atomic E-state index is 0.0414. The summed E-state index contributed by atoms with van der Waals surface area (Å²) in [4.78, 5) is 32.2. The highest BCUT2D eigenvalue weighted by Gasteiger charge is 2.43. The number of hydrogen-bond donors (Lipinski definition) is 3. The third-order valence-corrected chi connectivity index (χ3v) is 5.63. The Morgan fingerprint density at radius 3 is 2.40 bits per heavy atom. The summed E-state index contributed by atoms with van der Waals surface area (Å²) in [6, 6.07) is 0. The molecule has 1 unspecified atom stereocenters. The van der Waals surface area contributed by atoms with Crippen LogP contribution >= 0.6 is 8.03 Å². The van der Waals surface area contributed by atoms with Gasteiger partial charge in [0.25, 0.3) is 0 Å². The van der Waals surface area contributed by atoms with E-state index >= 15 is 0 Å². The van der Waals surface area contributed by atoms with Crippen LogP contribution < -0.4 is 5.32 Å². The van der Waals surface area contributed by atoms with E-state index in [1.54, 1.807) is 13.8 Å². The van der Waals surface area contributed by atoms with Gasteiger partial charge in [-0.2, -0.15) is 4.89 Å². The van der Waals surface area contributed by atoms with Crippen LogP contribution in [0.2, 0.25) is 0 Å². The minimum Gasteiger partial charge on any atom is -0.428 e. The minimum atomic E-state index is -2.48. The molecule has 8 nitrogen and oxygen atoms in total. The topological polar surface area (TPSA) is 122 Å². The Kier molecular flexibility index (Phi) is 9.93. The van der Waals surface area contributed by atoms with Gasteiger partial charge < -0.3 is 19.9 Å². The van der Waals surface area contributed by atoms with Crippen molar-refractivity contribution in [3.8, 4) is 0 Å². The maximum absolute atomic E-state index is 11.6. The maximum Gasteiger partial charge on any atom is 0.511 e. The number of carbonyl (C=O) groups excluding carboxylic acids is 2. The number of nitrogens with one attached hydrogen (secondary N) is 1. The molecule has 0 bridgehead atoms. The fraction of sp³-hybridized carbons (Fsp3) is 0.875. The molecular weight excluding hydrogens is 349 g/mol. The lowest BCUT2D eigenvalue weighted by Crippen LogP contribution is -2.36. The van der Waals surface area contributed by atoms with Gasteiger partial charge in [-0.25, -0.2) is 4.79 Å². The zero-order valence-electron chi connectivity index (χ0n) is 14.8. The molecule has 0 saturated heterocycles. The summed E-state index contributed by atoms with van der Waals surface area (Å²) in [5.74, 6) is -0.732. The first-order valence-corrected chi connectivity index (χ1v) is 10.0. The predicted molar refractivity (Wildman–Crippen MR) is 91.1 cm³/mol. The van der Waals surface area contributed by atoms with Crippen molar-refractivity contribution in [2.45, 2.75) is 64.1 Å². The zero-order chi connectivity index (χ0) is 18.8. The van der Waals surface area contributed by atoms with Crippen LogP contribution in [0.25, 0.3) is 0 Å². The third-order valence-electron chi connectivity index (χ3n) is 4.35. The van der Waals surface area contributed by atoms with Gasteiger partial charge in [0, 0.05) is 12.5 Å². The number of amides is 1. The van der Waals surface area contributed by atoms with Gasteiger partial charge in [0.1, 0.15) is 6.10 Å². The summed E-state index contributed by atoms with van der Waals surface area (Å²) in [6.07, 6.45) is 3.26. The lowest BCUT2D eigenvalue weighted by Gasteiger charge is -2.25. The maximum atomic E-state index is 11.6. The number of aliphatic hydroxyl groups is 1. The number of carbonyl (C=O) groups is 2. The van der Waals surface area contributed by atoms with Crippen molar-refractivity contribution in [1.82, 2.24) is 5.32 Å². The largest absolute Gasteiger partial charge is 0.511 e. The van der Waals surface area contributed by atoms with Gasteiger partial charge >= 0.3 is 20.1 Å². The molecule has 0 aromatic heterocycles. The predicted octanol–water partition coefficient (Wildman–Crippen LogP) is 2.30. The van der Waals surface area contributed by atoms with Gasteiger partial charge in [-0.15, -0.1) is 0 Å². The molecule has 1 rings (SSSR count). The molecular formula is C16H29NO7P+. The van der Waals surface area contributed by atoms with E-state index in [1.807, 2.05) is 0 Å². The molecule has 0 aromatic carbocycles. The number of ether oxygens (including phenoxy) is 2. The summed E-state index contributed by atoms with van der Waals surface area (Å²) in [5, 5.41) is 12.7. The lowest BCUT2D eigenvalue weighted by atomic mass is 9.84. The SMILES string of the molecule is CC(C)C(=O)OCOC(=O)NCC[C@@H](O)[C@@H](C1CCCCC1)[P+](=O)O. The molecule has 25 heavy (non-hydrogen) atoms. The molecule has 1 fully saturated rings. The van der Waals surface area contributed by atoms with E-state index in [-0.39, 0.29) is 24.8 Å². The standard InChI is InChI=1S/C16H28NO7P/c1-11(2)15(19)23-10-24-16(20)17-9-8-13(18)14(25(21)22)12-6-4-3-5-7-12/h11-14,18H,3-10H2,1-2H3,(H-,17,20,21,22)/p+1/t13-,14-/m1/s1. The fourth-order valence-corrected chi connectivity index (χ4v) is 4.07. The summed E-state index contributed by atoms with van der Waals surface area (Å²) in [5.41, 5.74) is -0.667. The molecule has 0 radical (unpaired) electrons. The van der Waals surface area contributed by atoms with E-state index in [2.05, 4.69) is 10.1 Å². The van der Waals surface area contributed by atoms with Crippen molar-refractivity contribution in [3.63, 3.8) is 0 Å². The van der Waals surface area contributed by atoms with E-state index in [0.717, 1.165) is 32.1 Å². The highest BCUT2D eigenvalue weighted by atomic mass is 31.1. The van der Waals surface area contributed by atoms with Crippen LogP contribution in [0, 0.1) is 11.8 Å². The molecule has 1 saturated carbocycles. The Labute approximate surface area is 149 Å². The first-order chi connectivity index (χ1) is 11.8. The number of rotatable bonds is 9. The number of esters is 1. The highest BCUT2D eigenvalue weighted by molar-refractivity contribution is 7.39. The van der Waals surface area contributed by atoms with Gasteiger partial charge in [0.2, 0.25) is 12.5 Å². The smallest absolute Gasteiger partial charge is 0.428 e. The molecule has 9 heteroatoms. The fourth-order valence-electron chi connectivity index (χ4n) is 2.97. The summed E-state index contributed by atoms with van der Waals surface area (Å²) >= 11 is 0. The quantitative estimate of drug-likeness (QED) is 0.320. The molecule has 1 amide bonds. The molecule has 1 aliphatic carbocycles. The van der Waals surface area contributed by atoms with Gasteiger partial charge in [-0.3, -0.25) is 4.79 Å². The average Bonchev–Trinajstić information content (AvgIpc) is 2.55. The Hall–Kier alpha value is -1.24. The van der Waals surface area contributed by atoms with E-state index < -0.39 is 38.6 Å². The van der Waals surface area contributed by atoms with E-state index in [9.17, 15) is 24.2 Å². The van der Waals surface area contributed by atoms with Crippen molar-refractivity contribution in [2.24, 2.45) is 11.8 Å². The third kappa shape index (κ3) is 8.12. The normalized spacial score (nSPS) is 18.4.